The molecule has 21 heavy (non-hydrogen) atoms. The summed E-state index contributed by atoms with van der Waals surface area (Å²) in [6, 6.07) is 6.18. The van der Waals surface area contributed by atoms with Crippen molar-refractivity contribution in [2.24, 2.45) is 5.92 Å². The van der Waals surface area contributed by atoms with E-state index in [1.165, 1.54) is 11.6 Å². The number of carboxylic acids is 1. The predicted molar refractivity (Wildman–Crippen MR) is 86.3 cm³/mol. The number of hydrogen-bond acceptors (Lipinski definition) is 2. The van der Waals surface area contributed by atoms with Gasteiger partial charge in [-0.15, -0.1) is 0 Å². The van der Waals surface area contributed by atoms with Crippen LogP contribution < -0.4 is 0 Å². The van der Waals surface area contributed by atoms with E-state index in [1.54, 1.807) is 6.08 Å². The van der Waals surface area contributed by atoms with E-state index in [9.17, 15) is 9.90 Å². The van der Waals surface area contributed by atoms with Crippen LogP contribution in [0.25, 0.3) is 6.08 Å². The molecule has 0 aliphatic heterocycles. The Kier molecular flexibility index (Phi) is 6.89. The first-order valence-corrected chi connectivity index (χ1v) is 7.23. The first kappa shape index (κ1) is 17.2. The zero-order valence-corrected chi connectivity index (χ0v) is 12.9. The third kappa shape index (κ3) is 5.56. The highest BCUT2D eigenvalue weighted by Gasteiger charge is 2.13. The maximum absolute atomic E-state index is 10.5. The van der Waals surface area contributed by atoms with Gasteiger partial charge in [0.25, 0.3) is 0 Å². The van der Waals surface area contributed by atoms with Crippen LogP contribution >= 0.6 is 0 Å². The molecule has 2 atom stereocenters. The Balaban J connectivity index is 3.00. The Bertz CT molecular complexity index is 529. The van der Waals surface area contributed by atoms with Gasteiger partial charge in [-0.05, 0) is 41.9 Å². The van der Waals surface area contributed by atoms with Gasteiger partial charge in [0, 0.05) is 12.7 Å². The lowest BCUT2D eigenvalue weighted by atomic mass is 9.87. The van der Waals surface area contributed by atoms with Crippen LogP contribution in [0.5, 0.6) is 0 Å². The van der Waals surface area contributed by atoms with Crippen molar-refractivity contribution < 1.29 is 15.0 Å². The molecule has 0 bridgehead atoms. The van der Waals surface area contributed by atoms with Gasteiger partial charge >= 0.3 is 5.97 Å². The van der Waals surface area contributed by atoms with E-state index in [4.69, 9.17) is 5.11 Å². The van der Waals surface area contributed by atoms with Crippen LogP contribution in [-0.4, -0.2) is 22.8 Å². The molecule has 0 aliphatic carbocycles. The number of allylic oxidation sites excluding steroid dienone is 2. The van der Waals surface area contributed by atoms with Crippen LogP contribution in [0.4, 0.5) is 0 Å². The zero-order valence-electron chi connectivity index (χ0n) is 12.9. The van der Waals surface area contributed by atoms with Gasteiger partial charge in [-0.3, -0.25) is 0 Å². The number of hydrogen-bond donors (Lipinski definition) is 2. The smallest absolute Gasteiger partial charge is 0.328 e. The lowest BCUT2D eigenvalue weighted by Crippen LogP contribution is -2.07. The summed E-state index contributed by atoms with van der Waals surface area (Å²) in [5.41, 5.74) is 3.52. The monoisotopic (exact) mass is 288 g/mol. The second-order valence-electron chi connectivity index (χ2n) is 5.56. The van der Waals surface area contributed by atoms with E-state index >= 15 is 0 Å². The predicted octanol–water partition coefficient (Wildman–Crippen LogP) is 3.77. The molecule has 0 amide bonds. The van der Waals surface area contributed by atoms with Gasteiger partial charge in [-0.1, -0.05) is 50.3 Å². The summed E-state index contributed by atoms with van der Waals surface area (Å²) in [4.78, 5) is 10.5. The van der Waals surface area contributed by atoms with Gasteiger partial charge in [0.05, 0.1) is 0 Å². The minimum atomic E-state index is -0.949. The highest BCUT2D eigenvalue weighted by molar-refractivity contribution is 5.80. The van der Waals surface area contributed by atoms with Gasteiger partial charge in [0.2, 0.25) is 0 Å². The highest BCUT2D eigenvalue weighted by atomic mass is 16.4. The van der Waals surface area contributed by atoms with Gasteiger partial charge in [0.1, 0.15) is 0 Å². The van der Waals surface area contributed by atoms with Crippen molar-refractivity contribution in [2.75, 3.05) is 6.61 Å². The number of rotatable bonds is 7. The van der Waals surface area contributed by atoms with E-state index in [0.717, 1.165) is 23.6 Å². The number of carbonyl (C=O) groups is 1. The van der Waals surface area contributed by atoms with Gasteiger partial charge in [-0.2, -0.15) is 0 Å². The van der Waals surface area contributed by atoms with E-state index < -0.39 is 5.97 Å². The van der Waals surface area contributed by atoms with Crippen LogP contribution in [0, 0.1) is 12.8 Å². The minimum Gasteiger partial charge on any atom is -0.478 e. The lowest BCUT2D eigenvalue weighted by Gasteiger charge is -2.19. The van der Waals surface area contributed by atoms with E-state index in [0.29, 0.717) is 5.92 Å². The molecule has 0 fully saturated rings. The second kappa shape index (κ2) is 8.42. The molecular formula is C18H24O3. The molecule has 3 heteroatoms. The van der Waals surface area contributed by atoms with Crippen molar-refractivity contribution in [3.8, 4) is 0 Å². The van der Waals surface area contributed by atoms with E-state index in [-0.39, 0.29) is 12.5 Å². The molecule has 0 heterocycles. The first-order chi connectivity index (χ1) is 9.95. The Labute approximate surface area is 126 Å². The summed E-state index contributed by atoms with van der Waals surface area (Å²) in [5, 5.41) is 17.8. The number of benzene rings is 1. The molecule has 0 spiro atoms. The van der Waals surface area contributed by atoms with Crippen molar-refractivity contribution in [1.82, 2.24) is 0 Å². The van der Waals surface area contributed by atoms with Crippen LogP contribution in [0.1, 0.15) is 42.9 Å². The van der Waals surface area contributed by atoms with E-state index in [2.05, 4.69) is 13.0 Å². The Morgan fingerprint density at radius 1 is 1.29 bits per heavy atom. The number of aliphatic hydroxyl groups is 1. The summed E-state index contributed by atoms with van der Waals surface area (Å²) in [5.74, 6) is -0.339. The van der Waals surface area contributed by atoms with Crippen LogP contribution in [-0.2, 0) is 4.79 Å². The van der Waals surface area contributed by atoms with Crippen LogP contribution in [0.2, 0.25) is 0 Å². The normalized spacial score (nSPS) is 14.7. The summed E-state index contributed by atoms with van der Waals surface area (Å²) in [6.45, 7) is 6.44. The largest absolute Gasteiger partial charge is 0.478 e. The quantitative estimate of drug-likeness (QED) is 0.593. The van der Waals surface area contributed by atoms with Crippen molar-refractivity contribution in [3.05, 3.63) is 53.1 Å². The fourth-order valence-corrected chi connectivity index (χ4v) is 2.46. The fraction of sp³-hybridized carbons (Fsp3) is 0.389. The van der Waals surface area contributed by atoms with Gasteiger partial charge in [0.15, 0.2) is 0 Å². The summed E-state index contributed by atoms with van der Waals surface area (Å²) in [7, 11) is 0. The summed E-state index contributed by atoms with van der Waals surface area (Å²) < 4.78 is 0. The maximum atomic E-state index is 10.5. The number of aliphatic hydroxyl groups excluding tert-OH is 1. The zero-order chi connectivity index (χ0) is 15.8. The molecule has 1 rings (SSSR count). The third-order valence-corrected chi connectivity index (χ3v) is 3.57. The van der Waals surface area contributed by atoms with Crippen molar-refractivity contribution in [1.29, 1.82) is 0 Å². The molecule has 0 aromatic heterocycles. The average molecular weight is 288 g/mol. The standard InChI is InChI=1S/C18H24O3/c1-13(12-19)11-15(3)17-9-6-7-14(2)16(17)8-4-5-10-18(20)21/h4-10,13,15,19H,11-12H2,1-3H3,(H,20,21)/b8-4+,10-5+/t13-,15+/m0/s1. The van der Waals surface area contributed by atoms with Crippen LogP contribution in [0.15, 0.2) is 36.4 Å². The molecule has 3 nitrogen and oxygen atoms in total. The molecule has 0 radical (unpaired) electrons. The Morgan fingerprint density at radius 2 is 2.00 bits per heavy atom. The molecular weight excluding hydrogens is 264 g/mol. The van der Waals surface area contributed by atoms with Crippen molar-refractivity contribution in [2.45, 2.75) is 33.1 Å². The topological polar surface area (TPSA) is 57.5 Å². The molecule has 2 N–H and O–H groups in total. The minimum absolute atomic E-state index is 0.197. The summed E-state index contributed by atoms with van der Waals surface area (Å²) >= 11 is 0. The molecule has 0 saturated heterocycles. The van der Waals surface area contributed by atoms with Gasteiger partial charge < -0.3 is 10.2 Å². The second-order valence-corrected chi connectivity index (χ2v) is 5.56. The van der Waals surface area contributed by atoms with Gasteiger partial charge in [-0.25, -0.2) is 4.79 Å². The average Bonchev–Trinajstić information content (AvgIpc) is 2.44. The third-order valence-electron chi connectivity index (χ3n) is 3.57. The number of carboxylic acid groups (broad SMARTS) is 1. The number of aliphatic carboxylic acids is 1. The maximum Gasteiger partial charge on any atom is 0.328 e. The van der Waals surface area contributed by atoms with Crippen LogP contribution in [0.3, 0.4) is 0 Å². The first-order valence-electron chi connectivity index (χ1n) is 7.23. The molecule has 114 valence electrons. The Morgan fingerprint density at radius 3 is 2.62 bits per heavy atom. The SMILES string of the molecule is Cc1cccc([C@H](C)C[C@H](C)CO)c1/C=C/C=C/C(=O)O. The van der Waals surface area contributed by atoms with E-state index in [1.807, 2.05) is 32.1 Å². The van der Waals surface area contributed by atoms with Crippen molar-refractivity contribution in [3.63, 3.8) is 0 Å². The summed E-state index contributed by atoms with van der Waals surface area (Å²) in [6.07, 6.45) is 7.27. The molecule has 0 saturated carbocycles. The molecule has 1 aromatic carbocycles. The molecule has 0 aliphatic rings. The molecule has 0 unspecified atom stereocenters. The highest BCUT2D eigenvalue weighted by Crippen LogP contribution is 2.28. The van der Waals surface area contributed by atoms with Crippen molar-refractivity contribution >= 4 is 12.0 Å². The number of aryl methyl sites for hydroxylation is 1. The Hall–Kier alpha value is -1.87. The fourth-order valence-electron chi connectivity index (χ4n) is 2.46. The lowest BCUT2D eigenvalue weighted by molar-refractivity contribution is -0.131. The molecule has 1 aromatic rings.